The number of hydrogen-bond acceptors (Lipinski definition) is 5. The summed E-state index contributed by atoms with van der Waals surface area (Å²) in [6.07, 6.45) is 9.51. The maximum Gasteiger partial charge on any atom is 0.254 e. The zero-order valence-electron chi connectivity index (χ0n) is 23.2. The predicted octanol–water partition coefficient (Wildman–Crippen LogP) is 5.58. The fraction of sp³-hybridized carbons (Fsp3) is 0.469. The van der Waals surface area contributed by atoms with Crippen LogP contribution in [0.4, 0.5) is 0 Å². The van der Waals surface area contributed by atoms with Crippen molar-refractivity contribution in [2.24, 2.45) is 0 Å². The van der Waals surface area contributed by atoms with Gasteiger partial charge in [0.1, 0.15) is 0 Å². The lowest BCUT2D eigenvalue weighted by atomic mass is 9.96. The molecule has 0 atom stereocenters. The summed E-state index contributed by atoms with van der Waals surface area (Å²) in [4.78, 5) is 29.6. The summed E-state index contributed by atoms with van der Waals surface area (Å²) in [7, 11) is 0. The van der Waals surface area contributed by atoms with E-state index in [2.05, 4.69) is 45.7 Å². The van der Waals surface area contributed by atoms with E-state index in [9.17, 15) is 4.79 Å². The van der Waals surface area contributed by atoms with Gasteiger partial charge in [0.25, 0.3) is 5.91 Å². The number of amides is 1. The molecule has 0 fully saturated rings. The predicted molar refractivity (Wildman–Crippen MR) is 154 cm³/mol. The van der Waals surface area contributed by atoms with Gasteiger partial charge in [0.05, 0.1) is 24.5 Å². The molecule has 6 heteroatoms. The van der Waals surface area contributed by atoms with Crippen LogP contribution in [0.15, 0.2) is 67.0 Å². The molecule has 0 unspecified atom stereocenters. The Kier molecular flexibility index (Phi) is 10.8. The summed E-state index contributed by atoms with van der Waals surface area (Å²) < 4.78 is 0. The monoisotopic (exact) mass is 513 g/mol. The molecular weight excluding hydrogens is 470 g/mol. The summed E-state index contributed by atoms with van der Waals surface area (Å²) in [5.41, 5.74) is 5.15. The molecule has 6 nitrogen and oxygen atoms in total. The van der Waals surface area contributed by atoms with E-state index < -0.39 is 0 Å². The summed E-state index contributed by atoms with van der Waals surface area (Å²) >= 11 is 0. The summed E-state index contributed by atoms with van der Waals surface area (Å²) in [5.74, 6) is 0.0234. The number of nitrogens with zero attached hydrogens (tertiary/aromatic N) is 5. The lowest BCUT2D eigenvalue weighted by molar-refractivity contribution is 0.0725. The van der Waals surface area contributed by atoms with Crippen LogP contribution in [0.2, 0.25) is 0 Å². The minimum absolute atomic E-state index is 0.0234. The highest BCUT2D eigenvalue weighted by molar-refractivity contribution is 5.94. The van der Waals surface area contributed by atoms with Crippen LogP contribution in [-0.2, 0) is 26.1 Å². The molecule has 1 aromatic carbocycles. The van der Waals surface area contributed by atoms with E-state index in [1.165, 1.54) is 56.4 Å². The average molecular weight is 514 g/mol. The van der Waals surface area contributed by atoms with Gasteiger partial charge in [-0.15, -0.1) is 0 Å². The Balaban J connectivity index is 1.36. The van der Waals surface area contributed by atoms with Crippen molar-refractivity contribution < 1.29 is 4.79 Å². The smallest absolute Gasteiger partial charge is 0.254 e. The van der Waals surface area contributed by atoms with Crippen molar-refractivity contribution in [2.75, 3.05) is 32.7 Å². The Morgan fingerprint density at radius 3 is 2.13 bits per heavy atom. The molecule has 38 heavy (non-hydrogen) atoms. The van der Waals surface area contributed by atoms with E-state index in [1.54, 1.807) is 12.4 Å². The topological polar surface area (TPSA) is 52.6 Å². The van der Waals surface area contributed by atoms with Gasteiger partial charge in [0.2, 0.25) is 0 Å². The average Bonchev–Trinajstić information content (AvgIpc) is 2.95. The third-order valence-corrected chi connectivity index (χ3v) is 7.27. The van der Waals surface area contributed by atoms with Crippen LogP contribution >= 0.6 is 0 Å². The Morgan fingerprint density at radius 2 is 1.53 bits per heavy atom. The number of hydrogen-bond donors (Lipinski definition) is 0. The van der Waals surface area contributed by atoms with E-state index in [-0.39, 0.29) is 5.91 Å². The Bertz CT molecular complexity index is 1070. The lowest BCUT2D eigenvalue weighted by Gasteiger charge is -2.30. The van der Waals surface area contributed by atoms with Crippen LogP contribution < -0.4 is 0 Å². The first-order valence-electron chi connectivity index (χ1n) is 14.3. The Labute approximate surface area is 228 Å². The van der Waals surface area contributed by atoms with Crippen molar-refractivity contribution in [2.45, 2.75) is 65.6 Å². The van der Waals surface area contributed by atoms with Crippen molar-refractivity contribution in [3.05, 3.63) is 95.1 Å². The number of benzene rings is 1. The number of carbonyl (C=O) groups excluding carboxylic acids is 1. The maximum absolute atomic E-state index is 13.7. The second-order valence-electron chi connectivity index (χ2n) is 10.4. The van der Waals surface area contributed by atoms with Crippen LogP contribution in [-0.4, -0.2) is 63.3 Å². The number of pyridine rings is 2. The fourth-order valence-electron chi connectivity index (χ4n) is 5.33. The lowest BCUT2D eigenvalue weighted by Crippen LogP contribution is -2.33. The Hall–Kier alpha value is -3.09. The van der Waals surface area contributed by atoms with Crippen molar-refractivity contribution >= 4 is 5.91 Å². The molecule has 0 saturated carbocycles. The highest BCUT2D eigenvalue weighted by atomic mass is 16.2. The van der Waals surface area contributed by atoms with Crippen molar-refractivity contribution in [1.29, 1.82) is 0 Å². The second-order valence-corrected chi connectivity index (χ2v) is 10.4. The van der Waals surface area contributed by atoms with Crippen molar-refractivity contribution in [3.63, 3.8) is 0 Å². The van der Waals surface area contributed by atoms with E-state index in [0.29, 0.717) is 13.1 Å². The third-order valence-electron chi connectivity index (χ3n) is 7.27. The third kappa shape index (κ3) is 8.20. The molecule has 0 saturated heterocycles. The number of fused-ring (bicyclic) bond motifs is 1. The van der Waals surface area contributed by atoms with Gasteiger partial charge in [0, 0.05) is 31.0 Å². The quantitative estimate of drug-likeness (QED) is 0.264. The summed E-state index contributed by atoms with van der Waals surface area (Å²) in [6, 6.07) is 17.9. The molecule has 2 aromatic heterocycles. The molecule has 4 rings (SSSR count). The van der Waals surface area contributed by atoms with E-state index >= 15 is 0 Å². The van der Waals surface area contributed by atoms with Gasteiger partial charge in [-0.05, 0) is 106 Å². The number of aromatic nitrogens is 2. The number of unbranched alkanes of at least 4 members (excludes halogenated alkanes) is 1. The van der Waals surface area contributed by atoms with Gasteiger partial charge in [-0.1, -0.05) is 32.0 Å². The van der Waals surface area contributed by atoms with Crippen LogP contribution in [0.5, 0.6) is 0 Å². The van der Waals surface area contributed by atoms with Crippen molar-refractivity contribution in [1.82, 2.24) is 24.7 Å². The SMILES string of the molecule is CCCN(CCC)CCCCN1CCc2cc(C(=O)N(Cc3ccccn3)Cc3ccccn3)ccc2C1. The van der Waals surface area contributed by atoms with Crippen LogP contribution in [0.3, 0.4) is 0 Å². The highest BCUT2D eigenvalue weighted by Gasteiger charge is 2.21. The van der Waals surface area contributed by atoms with Gasteiger partial charge in [-0.2, -0.15) is 0 Å². The van der Waals surface area contributed by atoms with Gasteiger partial charge in [0.15, 0.2) is 0 Å². The first-order chi connectivity index (χ1) is 18.7. The van der Waals surface area contributed by atoms with Crippen molar-refractivity contribution in [3.8, 4) is 0 Å². The largest absolute Gasteiger partial charge is 0.327 e. The molecule has 1 aliphatic heterocycles. The molecule has 3 aromatic rings. The molecular formula is C32H43N5O. The Morgan fingerprint density at radius 1 is 0.842 bits per heavy atom. The summed E-state index contributed by atoms with van der Waals surface area (Å²) in [6.45, 7) is 12.3. The molecule has 0 aliphatic carbocycles. The number of rotatable bonds is 14. The molecule has 0 N–H and O–H groups in total. The number of carbonyl (C=O) groups is 1. The van der Waals surface area contributed by atoms with Gasteiger partial charge >= 0.3 is 0 Å². The minimum Gasteiger partial charge on any atom is -0.327 e. The fourth-order valence-corrected chi connectivity index (χ4v) is 5.33. The molecule has 0 spiro atoms. The normalized spacial score (nSPS) is 13.4. The molecule has 1 amide bonds. The van der Waals surface area contributed by atoms with Crippen LogP contribution in [0, 0.1) is 0 Å². The highest BCUT2D eigenvalue weighted by Crippen LogP contribution is 2.22. The van der Waals surface area contributed by atoms with Gasteiger partial charge in [-0.25, -0.2) is 0 Å². The maximum atomic E-state index is 13.7. The second kappa shape index (κ2) is 14.7. The molecule has 1 aliphatic rings. The standard InChI is InChI=1S/C32H43N5O/c1-3-18-35(19-4-2)20-9-10-21-36-22-15-27-23-28(13-14-29(27)24-36)32(38)37(25-30-11-5-7-16-33-30)26-31-12-6-8-17-34-31/h5-8,11-14,16-17,23H,3-4,9-10,15,18-22,24-26H2,1-2H3. The molecule has 0 bridgehead atoms. The van der Waals surface area contributed by atoms with Gasteiger partial charge in [-0.3, -0.25) is 19.7 Å². The van der Waals surface area contributed by atoms with E-state index in [4.69, 9.17) is 0 Å². The van der Waals surface area contributed by atoms with E-state index in [1.807, 2.05) is 47.4 Å². The molecule has 0 radical (unpaired) electrons. The molecule has 3 heterocycles. The summed E-state index contributed by atoms with van der Waals surface area (Å²) in [5, 5.41) is 0. The van der Waals surface area contributed by atoms with Gasteiger partial charge < -0.3 is 9.80 Å². The molecule has 202 valence electrons. The van der Waals surface area contributed by atoms with Crippen LogP contribution in [0.25, 0.3) is 0 Å². The minimum atomic E-state index is 0.0234. The van der Waals surface area contributed by atoms with Crippen LogP contribution in [0.1, 0.15) is 72.4 Å². The zero-order valence-corrected chi connectivity index (χ0v) is 23.2. The van der Waals surface area contributed by atoms with E-state index in [0.717, 1.165) is 43.0 Å². The zero-order chi connectivity index (χ0) is 26.6. The first kappa shape index (κ1) is 27.9. The first-order valence-corrected chi connectivity index (χ1v) is 14.3.